The van der Waals surface area contributed by atoms with Gasteiger partial charge in [0, 0.05) is 41.3 Å². The predicted molar refractivity (Wildman–Crippen MR) is 243 cm³/mol. The Bertz CT molecular complexity index is 2910. The molecule has 0 spiro atoms. The highest BCUT2D eigenvalue weighted by atomic mass is 15.1. The largest absolute Gasteiger partial charge is 0.341 e. The van der Waals surface area contributed by atoms with Crippen molar-refractivity contribution in [2.75, 3.05) is 22.9 Å². The van der Waals surface area contributed by atoms with E-state index in [0.29, 0.717) is 0 Å². The van der Waals surface area contributed by atoms with E-state index in [2.05, 4.69) is 194 Å². The van der Waals surface area contributed by atoms with Gasteiger partial charge in [-0.1, -0.05) is 141 Å². The maximum absolute atomic E-state index is 2.52. The lowest BCUT2D eigenvalue weighted by atomic mass is 9.81. The fourth-order valence-electron chi connectivity index (χ4n) is 10.1. The van der Waals surface area contributed by atoms with Crippen LogP contribution in [0.25, 0.3) is 56.0 Å². The summed E-state index contributed by atoms with van der Waals surface area (Å²) in [5.74, 6) is 0. The maximum atomic E-state index is 2.52. The van der Waals surface area contributed by atoms with Gasteiger partial charge in [0.25, 0.3) is 0 Å². The molecule has 0 radical (unpaired) electrons. The van der Waals surface area contributed by atoms with Gasteiger partial charge in [-0.3, -0.25) is 0 Å². The Morgan fingerprint density at radius 2 is 1.05 bits per heavy atom. The Balaban J connectivity index is 0.881. The molecular weight excluding hydrogens is 689 g/mol. The first-order chi connectivity index (χ1) is 28.0. The van der Waals surface area contributed by atoms with Crippen LogP contribution in [0.5, 0.6) is 0 Å². The van der Waals surface area contributed by atoms with Gasteiger partial charge < -0.3 is 9.80 Å². The number of anilines is 4. The average molecular weight is 735 g/mol. The Morgan fingerprint density at radius 3 is 1.81 bits per heavy atom. The summed E-state index contributed by atoms with van der Waals surface area (Å²) in [5, 5.41) is 5.09. The molecule has 0 aromatic heterocycles. The molecule has 0 fully saturated rings. The van der Waals surface area contributed by atoms with Crippen LogP contribution in [0.15, 0.2) is 158 Å². The molecule has 2 heteroatoms. The zero-order valence-electron chi connectivity index (χ0n) is 32.8. The molecule has 1 aliphatic carbocycles. The number of aryl methyl sites for hydroxylation is 2. The number of hydrogen-bond donors (Lipinski definition) is 0. The topological polar surface area (TPSA) is 6.48 Å². The monoisotopic (exact) mass is 734 g/mol. The zero-order chi connectivity index (χ0) is 38.1. The lowest BCUT2D eigenvalue weighted by Gasteiger charge is -2.32. The van der Waals surface area contributed by atoms with Crippen molar-refractivity contribution in [2.45, 2.75) is 44.9 Å². The quantitative estimate of drug-likeness (QED) is 0.162. The molecule has 8 aromatic carbocycles. The fourth-order valence-corrected chi connectivity index (χ4v) is 10.1. The van der Waals surface area contributed by atoms with E-state index in [-0.39, 0.29) is 5.41 Å². The Hall–Kier alpha value is -6.38. The first-order valence-corrected chi connectivity index (χ1v) is 20.7. The Kier molecular flexibility index (Phi) is 7.96. The van der Waals surface area contributed by atoms with E-state index >= 15 is 0 Å². The number of para-hydroxylation sites is 2. The second-order valence-corrected chi connectivity index (χ2v) is 16.8. The molecule has 2 heterocycles. The average Bonchev–Trinajstić information content (AvgIpc) is 3.49. The second kappa shape index (κ2) is 13.4. The van der Waals surface area contributed by atoms with Gasteiger partial charge in [-0.05, 0) is 145 Å². The van der Waals surface area contributed by atoms with Crippen molar-refractivity contribution in [2.24, 2.45) is 0 Å². The van der Waals surface area contributed by atoms with E-state index in [9.17, 15) is 0 Å². The molecule has 0 bridgehead atoms. The lowest BCUT2D eigenvalue weighted by molar-refractivity contribution is 0.659. The number of hydrogen-bond acceptors (Lipinski definition) is 2. The highest BCUT2D eigenvalue weighted by Crippen LogP contribution is 2.51. The van der Waals surface area contributed by atoms with Crippen LogP contribution in [0.3, 0.4) is 0 Å². The fraction of sp³-hybridized carbons (Fsp3) is 0.164. The van der Waals surface area contributed by atoms with Gasteiger partial charge in [-0.25, -0.2) is 0 Å². The molecule has 11 rings (SSSR count). The molecule has 0 unspecified atom stereocenters. The van der Waals surface area contributed by atoms with Crippen LogP contribution in [-0.4, -0.2) is 13.1 Å². The van der Waals surface area contributed by atoms with Crippen molar-refractivity contribution in [1.29, 1.82) is 0 Å². The molecule has 0 saturated carbocycles. The smallest absolute Gasteiger partial charge is 0.0443 e. The summed E-state index contributed by atoms with van der Waals surface area (Å²) >= 11 is 0. The van der Waals surface area contributed by atoms with Gasteiger partial charge in [0.05, 0.1) is 0 Å². The summed E-state index contributed by atoms with van der Waals surface area (Å²) < 4.78 is 0. The van der Waals surface area contributed by atoms with Gasteiger partial charge in [0.15, 0.2) is 0 Å². The Morgan fingerprint density at radius 1 is 0.474 bits per heavy atom. The highest BCUT2D eigenvalue weighted by Gasteiger charge is 2.36. The molecule has 0 amide bonds. The standard InChI is InChI=1S/C55H46N2/c1-55(2)51-33-37(20-28-49(51)50-30-27-45(36-52(50)55)57-32-10-14-40-12-4-8-18-54(40)57)19-21-38-25-29-47(48-16-6-5-15-46(38)48)43-23-22-42-35-44(26-24-41(42)34-43)56-31-9-13-39-11-3-7-17-53(39)56/h3-8,11-12,15-30,33-36H,9-10,13-14,31-32H2,1-2H3. The van der Waals surface area contributed by atoms with E-state index in [4.69, 9.17) is 0 Å². The van der Waals surface area contributed by atoms with E-state index in [0.717, 1.165) is 25.9 Å². The molecule has 0 atom stereocenters. The third-order valence-electron chi connectivity index (χ3n) is 13.1. The molecule has 8 aromatic rings. The number of benzene rings is 8. The zero-order valence-corrected chi connectivity index (χ0v) is 32.8. The van der Waals surface area contributed by atoms with E-state index in [1.165, 1.54) is 113 Å². The molecule has 2 aliphatic heterocycles. The highest BCUT2D eigenvalue weighted by molar-refractivity contribution is 6.03. The summed E-state index contributed by atoms with van der Waals surface area (Å²) in [6.07, 6.45) is 9.28. The second-order valence-electron chi connectivity index (χ2n) is 16.8. The summed E-state index contributed by atoms with van der Waals surface area (Å²) in [4.78, 5) is 5.01. The summed E-state index contributed by atoms with van der Waals surface area (Å²) in [6, 6.07) is 59.4. The molecule has 3 aliphatic rings. The van der Waals surface area contributed by atoms with Crippen molar-refractivity contribution in [3.63, 3.8) is 0 Å². The van der Waals surface area contributed by atoms with Crippen LogP contribution >= 0.6 is 0 Å². The lowest BCUT2D eigenvalue weighted by Crippen LogP contribution is -2.25. The molecule has 0 N–H and O–H groups in total. The molecular formula is C55H46N2. The van der Waals surface area contributed by atoms with Crippen LogP contribution in [-0.2, 0) is 18.3 Å². The third kappa shape index (κ3) is 5.69. The van der Waals surface area contributed by atoms with Crippen molar-refractivity contribution < 1.29 is 0 Å². The van der Waals surface area contributed by atoms with Gasteiger partial charge in [-0.15, -0.1) is 0 Å². The van der Waals surface area contributed by atoms with Crippen LogP contribution in [0.1, 0.15) is 60.1 Å². The van der Waals surface area contributed by atoms with E-state index in [1.54, 1.807) is 0 Å². The Labute approximate surface area is 336 Å². The minimum Gasteiger partial charge on any atom is -0.341 e. The normalized spacial score (nSPS) is 15.5. The van der Waals surface area contributed by atoms with E-state index < -0.39 is 0 Å². The molecule has 0 saturated heterocycles. The number of fused-ring (bicyclic) bond motifs is 7. The van der Waals surface area contributed by atoms with Crippen molar-refractivity contribution in [3.8, 4) is 22.3 Å². The van der Waals surface area contributed by atoms with Crippen LogP contribution in [0, 0.1) is 0 Å². The SMILES string of the molecule is CC1(C)c2cc(C=Cc3ccc(-c4ccc5cc(N6CCCc7ccccc76)ccc5c4)c4ccccc34)ccc2-c2ccc(N3CCCc4ccccc43)cc21. The number of rotatable bonds is 5. The first-order valence-electron chi connectivity index (χ1n) is 20.7. The van der Waals surface area contributed by atoms with Crippen molar-refractivity contribution in [3.05, 3.63) is 191 Å². The van der Waals surface area contributed by atoms with Crippen LogP contribution in [0.4, 0.5) is 22.7 Å². The maximum Gasteiger partial charge on any atom is 0.0443 e. The molecule has 2 nitrogen and oxygen atoms in total. The van der Waals surface area contributed by atoms with Crippen LogP contribution in [0.2, 0.25) is 0 Å². The van der Waals surface area contributed by atoms with Gasteiger partial charge in [-0.2, -0.15) is 0 Å². The van der Waals surface area contributed by atoms with Gasteiger partial charge in [0.1, 0.15) is 0 Å². The van der Waals surface area contributed by atoms with Gasteiger partial charge in [0.2, 0.25) is 0 Å². The summed E-state index contributed by atoms with van der Waals surface area (Å²) in [6.45, 7) is 6.91. The molecule has 276 valence electrons. The minimum absolute atomic E-state index is 0.0887. The molecule has 57 heavy (non-hydrogen) atoms. The van der Waals surface area contributed by atoms with Crippen molar-refractivity contribution in [1.82, 2.24) is 0 Å². The van der Waals surface area contributed by atoms with Crippen LogP contribution < -0.4 is 9.80 Å². The van der Waals surface area contributed by atoms with E-state index in [1.807, 2.05) is 0 Å². The first kappa shape index (κ1) is 33.9. The third-order valence-corrected chi connectivity index (χ3v) is 13.1. The van der Waals surface area contributed by atoms with Crippen molar-refractivity contribution >= 4 is 56.4 Å². The predicted octanol–water partition coefficient (Wildman–Crippen LogP) is 14.3. The summed E-state index contributed by atoms with van der Waals surface area (Å²) in [7, 11) is 0. The minimum atomic E-state index is -0.0887. The number of nitrogens with zero attached hydrogens (tertiary/aromatic N) is 2. The van der Waals surface area contributed by atoms with Gasteiger partial charge >= 0.3 is 0 Å². The summed E-state index contributed by atoms with van der Waals surface area (Å²) in [5.41, 5.74) is 18.6.